The second-order valence-electron chi connectivity index (χ2n) is 17.0. The summed E-state index contributed by atoms with van der Waals surface area (Å²) in [6.45, 7) is 6.06. The van der Waals surface area contributed by atoms with E-state index in [-0.39, 0.29) is 5.41 Å². The fourth-order valence-corrected chi connectivity index (χ4v) is 10.8. The summed E-state index contributed by atoms with van der Waals surface area (Å²) in [7, 11) is 0. The lowest BCUT2D eigenvalue weighted by molar-refractivity contribution is -0.272. The second-order valence-corrected chi connectivity index (χ2v) is 17.0. The Labute approximate surface area is 331 Å². The number of alkyl halides is 3. The van der Waals surface area contributed by atoms with E-state index in [4.69, 9.17) is 14.2 Å². The zero-order valence-electron chi connectivity index (χ0n) is 32.2. The van der Waals surface area contributed by atoms with Gasteiger partial charge in [0.25, 0.3) is 0 Å². The van der Waals surface area contributed by atoms with Gasteiger partial charge >= 0.3 is 6.18 Å². The Balaban J connectivity index is 0.832. The Morgan fingerprint density at radius 3 is 2.44 bits per heavy atom. The number of phenolic OH excluding ortho intramolecular Hbond substituents is 1. The summed E-state index contributed by atoms with van der Waals surface area (Å²) in [4.78, 5) is 8.24. The molecule has 0 unspecified atom stereocenters. The number of halogens is 3. The molecule has 57 heavy (non-hydrogen) atoms. The number of pyridine rings is 1. The molecule has 2 aromatic carbocycles. The molecule has 3 heterocycles. The van der Waals surface area contributed by atoms with Gasteiger partial charge in [0.1, 0.15) is 35.5 Å². The number of rotatable bonds is 10. The summed E-state index contributed by atoms with van der Waals surface area (Å²) in [5, 5.41) is 53.3. The van der Waals surface area contributed by atoms with Crippen LogP contribution in [0.2, 0.25) is 0 Å². The molecule has 0 spiro atoms. The maximum Gasteiger partial charge on any atom is 0.433 e. The van der Waals surface area contributed by atoms with Gasteiger partial charge in [-0.25, -0.2) is 4.98 Å². The summed E-state index contributed by atoms with van der Waals surface area (Å²) in [5.41, 5.74) is 1.78. The molecular weight excluding hydrogens is 743 g/mol. The third-order valence-corrected chi connectivity index (χ3v) is 14.0. The van der Waals surface area contributed by atoms with E-state index < -0.39 is 60.7 Å². The number of aromatic hydroxyl groups is 1. The maximum absolute atomic E-state index is 13.3. The molecule has 0 bridgehead atoms. The molecule has 8 rings (SSSR count). The summed E-state index contributed by atoms with van der Waals surface area (Å²) in [5.74, 6) is 1.87. The second kappa shape index (κ2) is 15.8. The number of aryl methyl sites for hydroxylation is 1. The first-order chi connectivity index (χ1) is 27.3. The highest BCUT2D eigenvalue weighted by Gasteiger charge is 2.61. The zero-order chi connectivity index (χ0) is 40.1. The van der Waals surface area contributed by atoms with Crippen molar-refractivity contribution in [3.05, 3.63) is 77.5 Å². The lowest BCUT2D eigenvalue weighted by atomic mass is 9.53. The molecule has 3 aliphatic carbocycles. The van der Waals surface area contributed by atoms with Gasteiger partial charge in [0.2, 0.25) is 12.2 Å². The van der Waals surface area contributed by atoms with E-state index in [1.165, 1.54) is 17.2 Å². The van der Waals surface area contributed by atoms with Gasteiger partial charge in [0.15, 0.2) is 6.10 Å². The van der Waals surface area contributed by atoms with Crippen LogP contribution in [0.3, 0.4) is 0 Å². The van der Waals surface area contributed by atoms with E-state index in [1.807, 2.05) is 24.3 Å². The minimum atomic E-state index is -4.72. The van der Waals surface area contributed by atoms with Gasteiger partial charge < -0.3 is 44.6 Å². The van der Waals surface area contributed by atoms with E-state index >= 15 is 0 Å². The van der Waals surface area contributed by atoms with Crippen LogP contribution >= 0.6 is 0 Å². The predicted molar refractivity (Wildman–Crippen MR) is 204 cm³/mol. The number of ether oxygens (including phenoxy) is 3. The minimum absolute atomic E-state index is 0.0738. The standard InChI is InChI=1S/C43H54F3N3O8/c1-41-17-14-31-30-13-9-28(51)24-26(30)6-12-32(31)33(41)15-18-42(41,54)16-3-19-48-20-22-49(23-21-48)27-7-10-29(11-8-27)55-40-39(38(53)37(52)34(25-50)56-40)57-36-5-2-4-35(47-36)43(44,45)46/h2,4-5,7-11,13,24,31-34,37-40,50-54H,3,6,12,14-23,25H2,1H3/t31-,32-,33+,34-,37+,38+,39-,40+,41+,42+/m1/s1. The Morgan fingerprint density at radius 1 is 0.930 bits per heavy atom. The smallest absolute Gasteiger partial charge is 0.433 e. The number of hydrogen-bond acceptors (Lipinski definition) is 11. The summed E-state index contributed by atoms with van der Waals surface area (Å²) < 4.78 is 57.1. The highest BCUT2D eigenvalue weighted by Crippen LogP contribution is 2.65. The van der Waals surface area contributed by atoms with Crippen LogP contribution in [0.1, 0.15) is 74.6 Å². The van der Waals surface area contributed by atoms with Crippen molar-refractivity contribution in [2.24, 2.45) is 17.3 Å². The first kappa shape index (κ1) is 40.1. The first-order valence-corrected chi connectivity index (χ1v) is 20.4. The molecule has 1 aromatic heterocycles. The Bertz CT molecular complexity index is 1860. The van der Waals surface area contributed by atoms with Gasteiger partial charge in [-0.1, -0.05) is 19.1 Å². The summed E-state index contributed by atoms with van der Waals surface area (Å²) in [6, 6.07) is 16.2. The largest absolute Gasteiger partial charge is 0.508 e. The number of hydrogen-bond donors (Lipinski definition) is 5. The SMILES string of the molecule is C[C@]12CC[C@@H]3c4ccc(O)cc4CC[C@H]3[C@@H]1CC[C@@]2(O)CCCN1CCN(c2ccc(O[C@H]3O[C@H](CO)[C@H](O)[C@H](O)[C@H]3Oc3cccc(C(F)(F)F)n3)cc2)CC1. The fraction of sp³-hybridized carbons (Fsp3) is 0.605. The maximum atomic E-state index is 13.3. The van der Waals surface area contributed by atoms with Gasteiger partial charge in [0.05, 0.1) is 12.2 Å². The Hall–Kier alpha value is -3.66. The zero-order valence-corrected chi connectivity index (χ0v) is 32.2. The number of fused-ring (bicyclic) bond motifs is 5. The Morgan fingerprint density at radius 2 is 1.70 bits per heavy atom. The van der Waals surface area contributed by atoms with E-state index in [0.717, 1.165) is 102 Å². The number of nitrogens with zero attached hydrogens (tertiary/aromatic N) is 3. The molecule has 4 fully saturated rings. The number of phenols is 1. The molecule has 310 valence electrons. The van der Waals surface area contributed by atoms with Crippen molar-refractivity contribution in [1.29, 1.82) is 0 Å². The van der Waals surface area contributed by atoms with Gasteiger partial charge in [-0.05, 0) is 135 Å². The number of anilines is 1. The molecule has 3 aromatic rings. The van der Waals surface area contributed by atoms with Crippen LogP contribution in [0.5, 0.6) is 17.4 Å². The summed E-state index contributed by atoms with van der Waals surface area (Å²) >= 11 is 0. The van der Waals surface area contributed by atoms with Gasteiger partial charge in [-0.2, -0.15) is 13.2 Å². The quantitative estimate of drug-likeness (QED) is 0.183. The lowest BCUT2D eigenvalue weighted by Crippen LogP contribution is -2.62. The molecule has 10 atom stereocenters. The van der Waals surface area contributed by atoms with Crippen molar-refractivity contribution in [2.75, 3.05) is 44.2 Å². The topological polar surface area (TPSA) is 148 Å². The molecule has 0 radical (unpaired) electrons. The number of aliphatic hydroxyl groups excluding tert-OH is 3. The van der Waals surface area contributed by atoms with E-state index in [9.17, 15) is 38.7 Å². The Kier molecular flexibility index (Phi) is 11.1. The monoisotopic (exact) mass is 797 g/mol. The molecule has 14 heteroatoms. The van der Waals surface area contributed by atoms with Gasteiger partial charge in [-0.3, -0.25) is 4.90 Å². The lowest BCUT2D eigenvalue weighted by Gasteiger charge is -2.53. The summed E-state index contributed by atoms with van der Waals surface area (Å²) in [6.07, 6.45) is -4.08. The van der Waals surface area contributed by atoms with E-state index in [0.29, 0.717) is 29.3 Å². The minimum Gasteiger partial charge on any atom is -0.508 e. The highest BCUT2D eigenvalue weighted by atomic mass is 19.4. The highest BCUT2D eigenvalue weighted by molar-refractivity contribution is 5.49. The average Bonchev–Trinajstić information content (AvgIpc) is 3.47. The first-order valence-electron chi connectivity index (χ1n) is 20.4. The van der Waals surface area contributed by atoms with E-state index in [2.05, 4.69) is 27.8 Å². The van der Waals surface area contributed by atoms with Crippen molar-refractivity contribution < 1.29 is 52.9 Å². The number of benzene rings is 2. The molecule has 2 saturated heterocycles. The molecule has 11 nitrogen and oxygen atoms in total. The van der Waals surface area contributed by atoms with Crippen molar-refractivity contribution in [2.45, 2.75) is 107 Å². The molecule has 2 saturated carbocycles. The van der Waals surface area contributed by atoms with Crippen molar-refractivity contribution in [3.63, 3.8) is 0 Å². The third kappa shape index (κ3) is 7.81. The molecule has 5 aliphatic rings. The fourth-order valence-electron chi connectivity index (χ4n) is 10.8. The van der Waals surface area contributed by atoms with Crippen LogP contribution < -0.4 is 14.4 Å². The van der Waals surface area contributed by atoms with Crippen LogP contribution in [0.25, 0.3) is 0 Å². The number of aromatic nitrogens is 1. The van der Waals surface area contributed by atoms with Crippen LogP contribution in [0, 0.1) is 17.3 Å². The average molecular weight is 798 g/mol. The van der Waals surface area contributed by atoms with Crippen LogP contribution in [0.4, 0.5) is 18.9 Å². The van der Waals surface area contributed by atoms with E-state index in [1.54, 1.807) is 12.1 Å². The van der Waals surface area contributed by atoms with Gasteiger partial charge in [0, 0.05) is 37.9 Å². The van der Waals surface area contributed by atoms with Crippen molar-refractivity contribution in [1.82, 2.24) is 9.88 Å². The third-order valence-electron chi connectivity index (χ3n) is 14.0. The normalized spacial score (nSPS) is 34.3. The van der Waals surface area contributed by atoms with Crippen LogP contribution in [-0.4, -0.2) is 111 Å². The van der Waals surface area contributed by atoms with Crippen LogP contribution in [-0.2, 0) is 17.3 Å². The number of piperazine rings is 1. The molecule has 2 aliphatic heterocycles. The number of aliphatic hydroxyl groups is 4. The predicted octanol–water partition coefficient (Wildman–Crippen LogP) is 5.26. The van der Waals surface area contributed by atoms with Crippen molar-refractivity contribution >= 4 is 5.69 Å². The van der Waals surface area contributed by atoms with Gasteiger partial charge in [-0.15, -0.1) is 0 Å². The van der Waals surface area contributed by atoms with Crippen LogP contribution in [0.15, 0.2) is 60.7 Å². The molecule has 5 N–H and O–H groups in total. The molecular formula is C43H54F3N3O8. The van der Waals surface area contributed by atoms with Crippen molar-refractivity contribution in [3.8, 4) is 17.4 Å². The molecule has 0 amide bonds.